The normalized spacial score (nSPS) is 11.4. The molecule has 0 radical (unpaired) electrons. The van der Waals surface area contributed by atoms with Gasteiger partial charge in [-0.2, -0.15) is 5.26 Å². The van der Waals surface area contributed by atoms with Gasteiger partial charge in [0.25, 0.3) is 0 Å². The number of rotatable bonds is 7. The number of aromatic nitrogens is 1. The second kappa shape index (κ2) is 8.32. The molecule has 2 aromatic rings. The number of hydrogen-bond donors (Lipinski definition) is 1. The van der Waals surface area contributed by atoms with Gasteiger partial charge in [0.1, 0.15) is 11.7 Å². The van der Waals surface area contributed by atoms with Gasteiger partial charge in [-0.15, -0.1) is 0 Å². The molecule has 7 heteroatoms. The fourth-order valence-electron chi connectivity index (χ4n) is 2.81. The Morgan fingerprint density at radius 1 is 1.26 bits per heavy atom. The number of aryl methyl sites for hydroxylation is 1. The molecule has 1 aromatic carbocycles. The number of esters is 1. The van der Waals surface area contributed by atoms with E-state index in [1.807, 2.05) is 35.8 Å². The van der Waals surface area contributed by atoms with E-state index in [1.54, 1.807) is 26.2 Å². The number of methoxy groups -OCH3 is 1. The summed E-state index contributed by atoms with van der Waals surface area (Å²) in [5, 5.41) is 16.4. The largest absolute Gasteiger partial charge is 0.497 e. The van der Waals surface area contributed by atoms with Gasteiger partial charge in [-0.25, -0.2) is 4.79 Å². The lowest BCUT2D eigenvalue weighted by Gasteiger charge is -2.11. The number of carbonyl (C=O) groups is 2. The summed E-state index contributed by atoms with van der Waals surface area (Å²) in [5.74, 6) is -1.71. The van der Waals surface area contributed by atoms with Crippen LogP contribution in [-0.4, -0.2) is 35.7 Å². The molecule has 0 saturated carbocycles. The van der Waals surface area contributed by atoms with Crippen molar-refractivity contribution in [3.63, 3.8) is 0 Å². The minimum Gasteiger partial charge on any atom is -0.497 e. The number of ketones is 1. The number of Topliss-reactive ketones (excluding diaryl/α,β-unsaturated/α-hetero) is 1. The molecule has 0 saturated heterocycles. The third kappa shape index (κ3) is 4.23. The van der Waals surface area contributed by atoms with Crippen molar-refractivity contribution in [2.75, 3.05) is 13.7 Å². The first-order chi connectivity index (χ1) is 12.8. The fraction of sp³-hybridized carbons (Fsp3) is 0.300. The molecule has 2 rings (SSSR count). The molecule has 0 bridgehead atoms. The van der Waals surface area contributed by atoms with Gasteiger partial charge in [0, 0.05) is 22.8 Å². The lowest BCUT2D eigenvalue weighted by atomic mass is 10.0. The van der Waals surface area contributed by atoms with Gasteiger partial charge in [0.15, 0.2) is 12.4 Å². The molecule has 0 aliphatic rings. The first-order valence-electron chi connectivity index (χ1n) is 8.28. The molecular formula is C20H21N3O4. The molecule has 0 amide bonds. The molecule has 0 aliphatic heterocycles. The van der Waals surface area contributed by atoms with Crippen molar-refractivity contribution < 1.29 is 19.1 Å². The Morgan fingerprint density at radius 2 is 1.89 bits per heavy atom. The van der Waals surface area contributed by atoms with Gasteiger partial charge in [0.05, 0.1) is 18.7 Å². The van der Waals surface area contributed by atoms with E-state index < -0.39 is 24.3 Å². The van der Waals surface area contributed by atoms with Crippen LogP contribution in [-0.2, 0) is 9.53 Å². The van der Waals surface area contributed by atoms with Gasteiger partial charge in [-0.05, 0) is 51.1 Å². The highest BCUT2D eigenvalue weighted by Gasteiger charge is 2.23. The van der Waals surface area contributed by atoms with Crippen molar-refractivity contribution in [2.24, 2.45) is 5.92 Å². The summed E-state index contributed by atoms with van der Waals surface area (Å²) in [5.41, 5.74) is 2.65. The van der Waals surface area contributed by atoms with Crippen LogP contribution in [0.25, 0.3) is 5.69 Å². The van der Waals surface area contributed by atoms with Gasteiger partial charge in [0.2, 0.25) is 0 Å². The van der Waals surface area contributed by atoms with Gasteiger partial charge in [-0.3, -0.25) is 4.79 Å². The molecule has 27 heavy (non-hydrogen) atoms. The molecule has 140 valence electrons. The maximum Gasteiger partial charge on any atom is 0.340 e. The molecule has 7 nitrogen and oxygen atoms in total. The number of carbonyl (C=O) groups excluding carboxylic acids is 2. The molecule has 1 aromatic heterocycles. The van der Waals surface area contributed by atoms with Crippen LogP contribution in [0.3, 0.4) is 0 Å². The summed E-state index contributed by atoms with van der Waals surface area (Å²) in [6.45, 7) is 4.48. The first kappa shape index (κ1) is 19.9. The van der Waals surface area contributed by atoms with E-state index in [-0.39, 0.29) is 5.71 Å². The lowest BCUT2D eigenvalue weighted by Crippen LogP contribution is -2.25. The molecular weight excluding hydrogens is 346 g/mol. The third-order valence-corrected chi connectivity index (χ3v) is 4.21. The van der Waals surface area contributed by atoms with Crippen LogP contribution in [0.15, 0.2) is 30.3 Å². The topological polar surface area (TPSA) is 105 Å². The molecule has 0 spiro atoms. The van der Waals surface area contributed by atoms with Gasteiger partial charge < -0.3 is 19.5 Å². The zero-order chi connectivity index (χ0) is 20.1. The second-order valence-electron chi connectivity index (χ2n) is 6.11. The average molecular weight is 367 g/mol. The van der Waals surface area contributed by atoms with E-state index in [0.29, 0.717) is 11.3 Å². The maximum atomic E-state index is 12.4. The second-order valence-corrected chi connectivity index (χ2v) is 6.11. The zero-order valence-electron chi connectivity index (χ0n) is 15.7. The summed E-state index contributed by atoms with van der Waals surface area (Å²) in [4.78, 5) is 24.3. The van der Waals surface area contributed by atoms with Crippen molar-refractivity contribution in [3.8, 4) is 17.5 Å². The number of hydrogen-bond acceptors (Lipinski definition) is 6. The predicted molar refractivity (Wildman–Crippen MR) is 99.6 cm³/mol. The quantitative estimate of drug-likeness (QED) is 0.598. The minimum absolute atomic E-state index is 0.0729. The Hall–Kier alpha value is -3.40. The maximum absolute atomic E-state index is 12.4. The first-order valence-corrected chi connectivity index (χ1v) is 8.28. The Labute approximate surface area is 157 Å². The van der Waals surface area contributed by atoms with E-state index in [4.69, 9.17) is 20.1 Å². The number of nitriles is 1. The van der Waals surface area contributed by atoms with Crippen molar-refractivity contribution in [3.05, 3.63) is 47.3 Å². The number of nitrogens with zero attached hydrogens (tertiary/aromatic N) is 2. The highest BCUT2D eigenvalue weighted by atomic mass is 16.5. The smallest absolute Gasteiger partial charge is 0.340 e. The van der Waals surface area contributed by atoms with Crippen LogP contribution in [0.5, 0.6) is 5.75 Å². The standard InChI is InChI=1S/C20H21N3O4/c1-12-9-17(20(25)27-11-19(24)18(10-21)13(2)22)14(3)23(12)15-5-7-16(26-4)8-6-15/h5-9,18,22H,11H2,1-4H3/t18-/m1/s1. The summed E-state index contributed by atoms with van der Waals surface area (Å²) in [6.07, 6.45) is 0. The highest BCUT2D eigenvalue weighted by Crippen LogP contribution is 2.23. The molecule has 0 fully saturated rings. The molecule has 0 unspecified atom stereocenters. The van der Waals surface area contributed by atoms with Crippen molar-refractivity contribution >= 4 is 17.5 Å². The summed E-state index contributed by atoms with van der Waals surface area (Å²) < 4.78 is 12.1. The molecule has 1 heterocycles. The van der Waals surface area contributed by atoms with E-state index in [2.05, 4.69) is 0 Å². The summed E-state index contributed by atoms with van der Waals surface area (Å²) in [7, 11) is 1.59. The number of benzene rings is 1. The lowest BCUT2D eigenvalue weighted by molar-refractivity contribution is -0.122. The highest BCUT2D eigenvalue weighted by molar-refractivity contribution is 6.06. The minimum atomic E-state index is -1.19. The summed E-state index contributed by atoms with van der Waals surface area (Å²) >= 11 is 0. The number of ether oxygens (including phenoxy) is 2. The van der Waals surface area contributed by atoms with E-state index in [9.17, 15) is 9.59 Å². The zero-order valence-corrected chi connectivity index (χ0v) is 15.7. The Balaban J connectivity index is 2.20. The van der Waals surface area contributed by atoms with Crippen LogP contribution in [0.2, 0.25) is 0 Å². The van der Waals surface area contributed by atoms with E-state index >= 15 is 0 Å². The fourth-order valence-corrected chi connectivity index (χ4v) is 2.81. The monoisotopic (exact) mass is 367 g/mol. The predicted octanol–water partition coefficient (Wildman–Crippen LogP) is 3.01. The van der Waals surface area contributed by atoms with Gasteiger partial charge in [-0.1, -0.05) is 0 Å². The third-order valence-electron chi connectivity index (χ3n) is 4.21. The Morgan fingerprint density at radius 3 is 2.41 bits per heavy atom. The summed E-state index contributed by atoms with van der Waals surface area (Å²) in [6, 6.07) is 10.8. The Kier molecular flexibility index (Phi) is 6.14. The average Bonchev–Trinajstić information content (AvgIpc) is 2.94. The Bertz CT molecular complexity index is 920. The van der Waals surface area contributed by atoms with Gasteiger partial charge >= 0.3 is 5.97 Å². The van der Waals surface area contributed by atoms with Crippen LogP contribution in [0, 0.1) is 36.5 Å². The van der Waals surface area contributed by atoms with E-state index in [0.717, 1.165) is 17.1 Å². The number of nitrogens with one attached hydrogen (secondary N) is 1. The molecule has 1 N–H and O–H groups in total. The van der Waals surface area contributed by atoms with Crippen LogP contribution in [0.4, 0.5) is 0 Å². The van der Waals surface area contributed by atoms with Crippen LogP contribution >= 0.6 is 0 Å². The molecule has 1 atom stereocenters. The van der Waals surface area contributed by atoms with Crippen LogP contribution in [0.1, 0.15) is 28.7 Å². The SMILES string of the molecule is COc1ccc(-n2c(C)cc(C(=O)OCC(=O)[C@H](C#N)C(C)=N)c2C)cc1. The van der Waals surface area contributed by atoms with Crippen molar-refractivity contribution in [2.45, 2.75) is 20.8 Å². The van der Waals surface area contributed by atoms with Crippen molar-refractivity contribution in [1.29, 1.82) is 10.7 Å². The van der Waals surface area contributed by atoms with Crippen LogP contribution < -0.4 is 4.74 Å². The molecule has 0 aliphatic carbocycles. The van der Waals surface area contributed by atoms with E-state index in [1.165, 1.54) is 6.92 Å². The van der Waals surface area contributed by atoms with Crippen molar-refractivity contribution in [1.82, 2.24) is 4.57 Å².